The molecule has 0 aromatic carbocycles. The van der Waals surface area contributed by atoms with E-state index in [-0.39, 0.29) is 11.8 Å². The van der Waals surface area contributed by atoms with Gasteiger partial charge in [0.1, 0.15) is 11.5 Å². The molecule has 0 saturated carbocycles. The zero-order chi connectivity index (χ0) is 12.6. The molecule has 7 nitrogen and oxygen atoms in total. The molecule has 0 aliphatic rings. The zero-order valence-electron chi connectivity index (χ0n) is 9.93. The van der Waals surface area contributed by atoms with E-state index in [4.69, 9.17) is 16.2 Å². The fourth-order valence-corrected chi connectivity index (χ4v) is 1.52. The lowest BCUT2D eigenvalue weighted by Crippen LogP contribution is -2.01. The molecule has 7 heteroatoms. The van der Waals surface area contributed by atoms with Crippen LogP contribution in [0.15, 0.2) is 6.07 Å². The molecule has 0 saturated heterocycles. The highest BCUT2D eigenvalue weighted by atomic mass is 16.5. The highest BCUT2D eigenvalue weighted by Gasteiger charge is 2.13. The summed E-state index contributed by atoms with van der Waals surface area (Å²) in [6.07, 6.45) is 0. The van der Waals surface area contributed by atoms with Gasteiger partial charge in [0.25, 0.3) is 0 Å². The highest BCUT2D eigenvalue weighted by Crippen LogP contribution is 2.27. The van der Waals surface area contributed by atoms with Crippen molar-refractivity contribution in [2.45, 2.75) is 13.8 Å². The van der Waals surface area contributed by atoms with Crippen molar-refractivity contribution in [2.75, 3.05) is 11.5 Å². The molecule has 0 radical (unpaired) electrons. The van der Waals surface area contributed by atoms with Gasteiger partial charge in [-0.15, -0.1) is 0 Å². The minimum absolute atomic E-state index is 0.0826. The first-order valence-electron chi connectivity index (χ1n) is 5.05. The van der Waals surface area contributed by atoms with E-state index in [9.17, 15) is 0 Å². The fourth-order valence-electron chi connectivity index (χ4n) is 1.52. The molecule has 17 heavy (non-hydrogen) atoms. The van der Waals surface area contributed by atoms with E-state index in [2.05, 4.69) is 15.1 Å². The second-order valence-corrected chi connectivity index (χ2v) is 3.71. The van der Waals surface area contributed by atoms with Gasteiger partial charge >= 0.3 is 0 Å². The predicted molar refractivity (Wildman–Crippen MR) is 63.6 cm³/mol. The van der Waals surface area contributed by atoms with Gasteiger partial charge in [0.2, 0.25) is 11.8 Å². The lowest BCUT2D eigenvalue weighted by atomic mass is 10.3. The van der Waals surface area contributed by atoms with Crippen LogP contribution in [0.25, 0.3) is 0 Å². The van der Waals surface area contributed by atoms with Gasteiger partial charge in [-0.3, -0.25) is 4.68 Å². The molecule has 2 aromatic rings. The van der Waals surface area contributed by atoms with Crippen LogP contribution in [-0.4, -0.2) is 19.7 Å². The third kappa shape index (κ3) is 2.12. The Kier molecular flexibility index (Phi) is 2.58. The van der Waals surface area contributed by atoms with Crippen molar-refractivity contribution in [2.24, 2.45) is 7.05 Å². The molecule has 0 unspecified atom stereocenters. The molecule has 0 atom stereocenters. The normalized spacial score (nSPS) is 10.5. The first-order valence-corrected chi connectivity index (χ1v) is 5.05. The van der Waals surface area contributed by atoms with E-state index in [1.54, 1.807) is 4.68 Å². The summed E-state index contributed by atoms with van der Waals surface area (Å²) in [5.41, 5.74) is 12.7. The SMILES string of the molecule is Cc1nn(C)c(C)c1Oc1cc(N)nc(N)n1. The molecule has 0 aliphatic carbocycles. The van der Waals surface area contributed by atoms with Gasteiger partial charge in [0.05, 0.1) is 5.69 Å². The average molecular weight is 234 g/mol. The Labute approximate surface area is 98.4 Å². The Morgan fingerprint density at radius 1 is 1.24 bits per heavy atom. The molecule has 0 fully saturated rings. The zero-order valence-corrected chi connectivity index (χ0v) is 9.93. The Hall–Kier alpha value is -2.31. The number of hydrogen-bond donors (Lipinski definition) is 2. The van der Waals surface area contributed by atoms with Gasteiger partial charge in [-0.2, -0.15) is 15.1 Å². The van der Waals surface area contributed by atoms with Crippen molar-refractivity contribution >= 4 is 11.8 Å². The van der Waals surface area contributed by atoms with Crippen LogP contribution in [0.5, 0.6) is 11.6 Å². The summed E-state index contributed by atoms with van der Waals surface area (Å²) in [7, 11) is 1.85. The third-order valence-corrected chi connectivity index (χ3v) is 2.39. The van der Waals surface area contributed by atoms with Crippen LogP contribution in [0, 0.1) is 13.8 Å². The van der Waals surface area contributed by atoms with Crippen LogP contribution in [0.4, 0.5) is 11.8 Å². The third-order valence-electron chi connectivity index (χ3n) is 2.39. The Balaban J connectivity index is 2.37. The molecule has 0 bridgehead atoms. The minimum atomic E-state index is 0.0826. The van der Waals surface area contributed by atoms with Crippen molar-refractivity contribution in [3.63, 3.8) is 0 Å². The first-order chi connectivity index (χ1) is 7.97. The number of aryl methyl sites for hydroxylation is 2. The number of nitrogens with two attached hydrogens (primary N) is 2. The lowest BCUT2D eigenvalue weighted by molar-refractivity contribution is 0.455. The molecule has 0 amide bonds. The maximum absolute atomic E-state index is 5.63. The van der Waals surface area contributed by atoms with Crippen molar-refractivity contribution in [1.29, 1.82) is 0 Å². The Bertz CT molecular complexity index is 542. The van der Waals surface area contributed by atoms with E-state index >= 15 is 0 Å². The van der Waals surface area contributed by atoms with E-state index < -0.39 is 0 Å². The van der Waals surface area contributed by atoms with E-state index in [1.165, 1.54) is 6.07 Å². The Morgan fingerprint density at radius 3 is 2.47 bits per heavy atom. The van der Waals surface area contributed by atoms with Gasteiger partial charge in [-0.1, -0.05) is 0 Å². The topological polar surface area (TPSA) is 105 Å². The molecule has 2 rings (SSSR count). The number of anilines is 2. The molecule has 2 aromatic heterocycles. The average Bonchev–Trinajstić information content (AvgIpc) is 2.44. The summed E-state index contributed by atoms with van der Waals surface area (Å²) in [5.74, 6) is 1.32. The molecule has 0 spiro atoms. The number of ether oxygens (including phenoxy) is 1. The van der Waals surface area contributed by atoms with Crippen molar-refractivity contribution in [3.8, 4) is 11.6 Å². The standard InChI is InChI=1S/C10H14N6O/c1-5-9(6(2)16(3)15-5)17-8-4-7(11)13-10(12)14-8/h4H,1-3H3,(H4,11,12,13,14). The molecule has 4 N–H and O–H groups in total. The number of rotatable bonds is 2. The summed E-state index contributed by atoms with van der Waals surface area (Å²) in [6.45, 7) is 3.76. The molecular formula is C10H14N6O. The van der Waals surface area contributed by atoms with Crippen molar-refractivity contribution in [1.82, 2.24) is 19.7 Å². The number of hydrogen-bond acceptors (Lipinski definition) is 6. The maximum atomic E-state index is 5.63. The van der Waals surface area contributed by atoms with Crippen LogP contribution in [0.2, 0.25) is 0 Å². The number of nitrogens with zero attached hydrogens (tertiary/aromatic N) is 4. The predicted octanol–water partition coefficient (Wildman–Crippen LogP) is 0.784. The molecule has 0 aliphatic heterocycles. The van der Waals surface area contributed by atoms with E-state index in [0.29, 0.717) is 11.6 Å². The lowest BCUT2D eigenvalue weighted by Gasteiger charge is -2.06. The van der Waals surface area contributed by atoms with Crippen molar-refractivity contribution in [3.05, 3.63) is 17.5 Å². The van der Waals surface area contributed by atoms with Crippen LogP contribution < -0.4 is 16.2 Å². The maximum Gasteiger partial charge on any atom is 0.226 e. The smallest absolute Gasteiger partial charge is 0.226 e. The molecular weight excluding hydrogens is 220 g/mol. The minimum Gasteiger partial charge on any atom is -0.435 e. The second kappa shape index (κ2) is 3.93. The van der Waals surface area contributed by atoms with Crippen LogP contribution >= 0.6 is 0 Å². The van der Waals surface area contributed by atoms with E-state index in [1.807, 2.05) is 20.9 Å². The van der Waals surface area contributed by atoms with Gasteiger partial charge in [0.15, 0.2) is 5.75 Å². The van der Waals surface area contributed by atoms with Crippen molar-refractivity contribution < 1.29 is 4.74 Å². The van der Waals surface area contributed by atoms with Crippen LogP contribution in [0.1, 0.15) is 11.4 Å². The highest BCUT2D eigenvalue weighted by molar-refractivity contribution is 5.42. The first kappa shape index (κ1) is 11.2. The quantitative estimate of drug-likeness (QED) is 0.795. The van der Waals surface area contributed by atoms with Gasteiger partial charge in [0, 0.05) is 13.1 Å². The summed E-state index contributed by atoms with van der Waals surface area (Å²) >= 11 is 0. The molecule has 2 heterocycles. The second-order valence-electron chi connectivity index (χ2n) is 3.71. The van der Waals surface area contributed by atoms with Gasteiger partial charge < -0.3 is 16.2 Å². The monoisotopic (exact) mass is 234 g/mol. The summed E-state index contributed by atoms with van der Waals surface area (Å²) in [4.78, 5) is 7.72. The van der Waals surface area contributed by atoms with E-state index in [0.717, 1.165) is 11.4 Å². The number of aromatic nitrogens is 4. The fraction of sp³-hybridized carbons (Fsp3) is 0.300. The Morgan fingerprint density at radius 2 is 1.94 bits per heavy atom. The van der Waals surface area contributed by atoms with Crippen LogP contribution in [-0.2, 0) is 7.05 Å². The van der Waals surface area contributed by atoms with Crippen LogP contribution in [0.3, 0.4) is 0 Å². The number of nitrogen functional groups attached to an aromatic ring is 2. The summed E-state index contributed by atoms with van der Waals surface area (Å²) in [5, 5.41) is 4.24. The largest absolute Gasteiger partial charge is 0.435 e. The van der Waals surface area contributed by atoms with Gasteiger partial charge in [-0.25, -0.2) is 0 Å². The van der Waals surface area contributed by atoms with Gasteiger partial charge in [-0.05, 0) is 13.8 Å². The summed E-state index contributed by atoms with van der Waals surface area (Å²) < 4.78 is 7.36. The molecule has 90 valence electrons. The summed E-state index contributed by atoms with van der Waals surface area (Å²) in [6, 6.07) is 1.52.